The van der Waals surface area contributed by atoms with Crippen LogP contribution in [0.2, 0.25) is 0 Å². The fourth-order valence-corrected chi connectivity index (χ4v) is 2.22. The van der Waals surface area contributed by atoms with Crippen LogP contribution in [0.15, 0.2) is 35.9 Å². The van der Waals surface area contributed by atoms with E-state index in [-0.39, 0.29) is 0 Å². The van der Waals surface area contributed by atoms with Crippen LogP contribution in [0.5, 0.6) is 0 Å². The molecule has 0 aliphatic carbocycles. The van der Waals surface area contributed by atoms with Crippen LogP contribution in [-0.2, 0) is 13.5 Å². The van der Waals surface area contributed by atoms with Gasteiger partial charge in [-0.3, -0.25) is 4.68 Å². The monoisotopic (exact) mass is 243 g/mol. The van der Waals surface area contributed by atoms with E-state index < -0.39 is 0 Å². The number of nitrogens with one attached hydrogen (secondary N) is 1. The number of rotatable bonds is 5. The Balaban J connectivity index is 2.19. The van der Waals surface area contributed by atoms with Gasteiger partial charge in [-0.1, -0.05) is 29.8 Å². The van der Waals surface area contributed by atoms with Crippen molar-refractivity contribution in [2.45, 2.75) is 19.8 Å². The van der Waals surface area contributed by atoms with Crippen molar-refractivity contribution in [2.24, 2.45) is 7.05 Å². The SMILES string of the molecule is CNCCC=C(C)Cc1nn(C)c2ccccc12. The van der Waals surface area contributed by atoms with Gasteiger partial charge in [0.1, 0.15) is 0 Å². The highest BCUT2D eigenvalue weighted by atomic mass is 15.3. The van der Waals surface area contributed by atoms with Gasteiger partial charge >= 0.3 is 0 Å². The van der Waals surface area contributed by atoms with Crippen molar-refractivity contribution in [3.63, 3.8) is 0 Å². The standard InChI is InChI=1S/C15H21N3/c1-12(7-6-10-16-2)11-14-13-8-4-5-9-15(13)18(3)17-14/h4-5,7-9,16H,6,10-11H2,1-3H3. The van der Waals surface area contributed by atoms with Crippen molar-refractivity contribution in [3.8, 4) is 0 Å². The van der Waals surface area contributed by atoms with Gasteiger partial charge in [0.25, 0.3) is 0 Å². The van der Waals surface area contributed by atoms with E-state index in [1.165, 1.54) is 22.2 Å². The molecule has 3 nitrogen and oxygen atoms in total. The molecule has 1 aromatic carbocycles. The molecular weight excluding hydrogens is 222 g/mol. The second-order valence-corrected chi connectivity index (χ2v) is 4.71. The molecule has 0 aliphatic heterocycles. The maximum atomic E-state index is 4.62. The molecule has 2 aromatic rings. The summed E-state index contributed by atoms with van der Waals surface area (Å²) >= 11 is 0. The quantitative estimate of drug-likeness (QED) is 0.646. The minimum Gasteiger partial charge on any atom is -0.319 e. The van der Waals surface area contributed by atoms with Gasteiger partial charge in [-0.15, -0.1) is 0 Å². The van der Waals surface area contributed by atoms with Crippen LogP contribution in [0.3, 0.4) is 0 Å². The molecule has 0 fully saturated rings. The Kier molecular flexibility index (Phi) is 4.15. The summed E-state index contributed by atoms with van der Waals surface area (Å²) in [6.07, 6.45) is 4.30. The molecule has 0 atom stereocenters. The molecule has 3 heteroatoms. The zero-order valence-electron chi connectivity index (χ0n) is 11.4. The first-order chi connectivity index (χ1) is 8.72. The first-order valence-electron chi connectivity index (χ1n) is 6.43. The highest BCUT2D eigenvalue weighted by Gasteiger charge is 2.07. The normalized spacial score (nSPS) is 12.3. The van der Waals surface area contributed by atoms with Crippen LogP contribution in [0.1, 0.15) is 19.0 Å². The highest BCUT2D eigenvalue weighted by Crippen LogP contribution is 2.19. The third-order valence-corrected chi connectivity index (χ3v) is 3.17. The molecule has 1 aromatic heterocycles. The summed E-state index contributed by atoms with van der Waals surface area (Å²) in [5.41, 5.74) is 3.76. The maximum Gasteiger partial charge on any atom is 0.0743 e. The molecule has 0 aliphatic rings. The van der Waals surface area contributed by atoms with Gasteiger partial charge in [-0.05, 0) is 33.0 Å². The minimum atomic E-state index is 0.936. The van der Waals surface area contributed by atoms with Gasteiger partial charge < -0.3 is 5.32 Å². The topological polar surface area (TPSA) is 29.9 Å². The van der Waals surface area contributed by atoms with Crippen LogP contribution in [0.4, 0.5) is 0 Å². The number of hydrogen-bond donors (Lipinski definition) is 1. The van der Waals surface area contributed by atoms with E-state index in [4.69, 9.17) is 0 Å². The predicted octanol–water partition coefficient (Wildman–Crippen LogP) is 2.67. The van der Waals surface area contributed by atoms with Gasteiger partial charge in [0.05, 0.1) is 11.2 Å². The van der Waals surface area contributed by atoms with Crippen LogP contribution in [0.25, 0.3) is 10.9 Å². The van der Waals surface area contributed by atoms with Crippen LogP contribution < -0.4 is 5.32 Å². The van der Waals surface area contributed by atoms with Crippen molar-refractivity contribution < 1.29 is 0 Å². The summed E-state index contributed by atoms with van der Waals surface area (Å²) in [4.78, 5) is 0. The molecule has 2 rings (SSSR count). The second kappa shape index (κ2) is 5.83. The third-order valence-electron chi connectivity index (χ3n) is 3.17. The third kappa shape index (κ3) is 2.79. The minimum absolute atomic E-state index is 0.936. The molecule has 0 bridgehead atoms. The Morgan fingerprint density at radius 3 is 2.94 bits per heavy atom. The first-order valence-corrected chi connectivity index (χ1v) is 6.43. The average Bonchev–Trinajstić information content (AvgIpc) is 2.67. The molecule has 96 valence electrons. The van der Waals surface area contributed by atoms with Gasteiger partial charge in [0.2, 0.25) is 0 Å². The van der Waals surface area contributed by atoms with Crippen molar-refractivity contribution in [1.29, 1.82) is 0 Å². The number of para-hydroxylation sites is 1. The fraction of sp³-hybridized carbons (Fsp3) is 0.400. The number of aromatic nitrogens is 2. The molecule has 1 N–H and O–H groups in total. The van der Waals surface area contributed by atoms with Crippen molar-refractivity contribution in [1.82, 2.24) is 15.1 Å². The van der Waals surface area contributed by atoms with Gasteiger partial charge in [0.15, 0.2) is 0 Å². The van der Waals surface area contributed by atoms with Crippen molar-refractivity contribution in [2.75, 3.05) is 13.6 Å². The van der Waals surface area contributed by atoms with E-state index in [0.717, 1.165) is 19.4 Å². The summed E-state index contributed by atoms with van der Waals surface area (Å²) < 4.78 is 1.96. The number of hydrogen-bond acceptors (Lipinski definition) is 2. The lowest BCUT2D eigenvalue weighted by Crippen LogP contribution is -2.06. The lowest BCUT2D eigenvalue weighted by Gasteiger charge is -1.99. The molecule has 1 heterocycles. The van der Waals surface area contributed by atoms with E-state index in [9.17, 15) is 0 Å². The lowest BCUT2D eigenvalue weighted by atomic mass is 10.1. The molecular formula is C15H21N3. The van der Waals surface area contributed by atoms with Crippen LogP contribution >= 0.6 is 0 Å². The van der Waals surface area contributed by atoms with Crippen LogP contribution in [0, 0.1) is 0 Å². The second-order valence-electron chi connectivity index (χ2n) is 4.71. The Bertz CT molecular complexity index is 552. The Hall–Kier alpha value is -1.61. The van der Waals surface area contributed by atoms with E-state index in [1.54, 1.807) is 0 Å². The zero-order valence-corrected chi connectivity index (χ0v) is 11.4. The highest BCUT2D eigenvalue weighted by molar-refractivity contribution is 5.82. The zero-order chi connectivity index (χ0) is 13.0. The molecule has 0 amide bonds. The predicted molar refractivity (Wildman–Crippen MR) is 76.7 cm³/mol. The van der Waals surface area contributed by atoms with E-state index in [0.29, 0.717) is 0 Å². The summed E-state index contributed by atoms with van der Waals surface area (Å²) in [5, 5.41) is 9.04. The van der Waals surface area contributed by atoms with Crippen molar-refractivity contribution >= 4 is 10.9 Å². The molecule has 0 saturated carbocycles. The first kappa shape index (κ1) is 12.8. The number of nitrogens with zero attached hydrogens (tertiary/aromatic N) is 2. The molecule has 0 saturated heterocycles. The van der Waals surface area contributed by atoms with Crippen molar-refractivity contribution in [3.05, 3.63) is 41.6 Å². The summed E-state index contributed by atoms with van der Waals surface area (Å²) in [6.45, 7) is 3.21. The van der Waals surface area contributed by atoms with E-state index >= 15 is 0 Å². The average molecular weight is 243 g/mol. The van der Waals surface area contributed by atoms with Gasteiger partial charge in [-0.2, -0.15) is 5.10 Å². The van der Waals surface area contributed by atoms with Gasteiger partial charge in [0, 0.05) is 18.9 Å². The molecule has 0 unspecified atom stereocenters. The van der Waals surface area contributed by atoms with E-state index in [1.807, 2.05) is 18.8 Å². The number of benzene rings is 1. The smallest absolute Gasteiger partial charge is 0.0743 e. The summed E-state index contributed by atoms with van der Waals surface area (Å²) in [6, 6.07) is 8.40. The number of allylic oxidation sites excluding steroid dienone is 1. The molecule has 0 spiro atoms. The number of aryl methyl sites for hydroxylation is 1. The Morgan fingerprint density at radius 1 is 1.39 bits per heavy atom. The number of fused-ring (bicyclic) bond motifs is 1. The Labute approximate surface area is 109 Å². The molecule has 18 heavy (non-hydrogen) atoms. The van der Waals surface area contributed by atoms with Crippen LogP contribution in [-0.4, -0.2) is 23.4 Å². The largest absolute Gasteiger partial charge is 0.319 e. The molecule has 0 radical (unpaired) electrons. The maximum absolute atomic E-state index is 4.62. The fourth-order valence-electron chi connectivity index (χ4n) is 2.22. The Morgan fingerprint density at radius 2 is 2.17 bits per heavy atom. The summed E-state index contributed by atoms with van der Waals surface area (Å²) in [7, 11) is 3.99. The summed E-state index contributed by atoms with van der Waals surface area (Å²) in [5.74, 6) is 0. The van der Waals surface area contributed by atoms with E-state index in [2.05, 4.69) is 47.7 Å². The lowest BCUT2D eigenvalue weighted by molar-refractivity contribution is 0.769. The van der Waals surface area contributed by atoms with Gasteiger partial charge in [-0.25, -0.2) is 0 Å².